The molecule has 0 fully saturated rings. The first-order chi connectivity index (χ1) is 13.6. The SMILES string of the molecule is C/C(=C(\N=CN)c1ccc(F)cc1)c1ccc(S(C)(=O)=O)cc1.CC.FC(F)F. The van der Waals surface area contributed by atoms with Crippen LogP contribution in [0.1, 0.15) is 31.9 Å². The van der Waals surface area contributed by atoms with Gasteiger partial charge in [-0.15, -0.1) is 0 Å². The number of sulfone groups is 1. The van der Waals surface area contributed by atoms with Crippen molar-refractivity contribution >= 4 is 27.4 Å². The Morgan fingerprint density at radius 1 is 0.966 bits per heavy atom. The smallest absolute Gasteiger partial charge is 0.379 e. The number of hydrogen-bond donors (Lipinski definition) is 1. The number of benzene rings is 2. The lowest BCUT2D eigenvalue weighted by Gasteiger charge is -2.09. The van der Waals surface area contributed by atoms with Gasteiger partial charge >= 0.3 is 6.68 Å². The molecule has 9 heteroatoms. The first-order valence-corrected chi connectivity index (χ1v) is 10.4. The number of rotatable bonds is 4. The highest BCUT2D eigenvalue weighted by atomic mass is 32.2. The van der Waals surface area contributed by atoms with Gasteiger partial charge in [0.15, 0.2) is 9.84 Å². The van der Waals surface area contributed by atoms with Gasteiger partial charge in [0.2, 0.25) is 0 Å². The Hall–Kier alpha value is -2.68. The molecule has 0 aliphatic rings. The average molecular weight is 432 g/mol. The van der Waals surface area contributed by atoms with Gasteiger partial charge in [-0.3, -0.25) is 0 Å². The maximum absolute atomic E-state index is 13.1. The zero-order chi connectivity index (χ0) is 22.6. The van der Waals surface area contributed by atoms with Crippen molar-refractivity contribution in [2.45, 2.75) is 32.3 Å². The number of hydrogen-bond acceptors (Lipinski definition) is 3. The van der Waals surface area contributed by atoms with E-state index in [0.717, 1.165) is 23.0 Å². The quantitative estimate of drug-likeness (QED) is 0.308. The Kier molecular flexibility index (Phi) is 11.5. The molecule has 0 atom stereocenters. The van der Waals surface area contributed by atoms with Gasteiger partial charge in [-0.25, -0.2) is 17.8 Å². The van der Waals surface area contributed by atoms with Crippen molar-refractivity contribution in [1.29, 1.82) is 0 Å². The molecule has 0 aliphatic heterocycles. The van der Waals surface area contributed by atoms with Crippen molar-refractivity contribution in [1.82, 2.24) is 0 Å². The van der Waals surface area contributed by atoms with E-state index >= 15 is 0 Å². The summed E-state index contributed by atoms with van der Waals surface area (Å²) in [6.07, 6.45) is 2.33. The summed E-state index contributed by atoms with van der Waals surface area (Å²) in [5, 5.41) is 0. The Morgan fingerprint density at radius 2 is 1.38 bits per heavy atom. The van der Waals surface area contributed by atoms with Crippen LogP contribution in [-0.2, 0) is 9.84 Å². The monoisotopic (exact) mass is 432 g/mol. The topological polar surface area (TPSA) is 72.5 Å². The second-order valence-corrected chi connectivity index (χ2v) is 7.32. The predicted molar refractivity (Wildman–Crippen MR) is 110 cm³/mol. The van der Waals surface area contributed by atoms with Crippen LogP contribution >= 0.6 is 0 Å². The fourth-order valence-electron chi connectivity index (χ4n) is 2.16. The zero-order valence-electron chi connectivity index (χ0n) is 16.5. The predicted octanol–water partition coefficient (Wildman–Crippen LogP) is 5.31. The second kappa shape index (κ2) is 12.7. The van der Waals surface area contributed by atoms with Crippen LogP contribution in [0.3, 0.4) is 0 Å². The summed E-state index contributed by atoms with van der Waals surface area (Å²) in [5.74, 6) is -0.333. The molecule has 0 aromatic heterocycles. The Morgan fingerprint density at radius 3 is 1.76 bits per heavy atom. The summed E-state index contributed by atoms with van der Waals surface area (Å²) < 4.78 is 65.1. The largest absolute Gasteiger partial charge is 0.390 e. The van der Waals surface area contributed by atoms with E-state index in [9.17, 15) is 26.0 Å². The van der Waals surface area contributed by atoms with Crippen molar-refractivity contribution in [3.63, 3.8) is 0 Å². The van der Waals surface area contributed by atoms with Crippen LogP contribution in [0, 0.1) is 5.82 Å². The molecule has 2 rings (SSSR count). The number of nitrogens with two attached hydrogens (primary N) is 1. The van der Waals surface area contributed by atoms with E-state index in [-0.39, 0.29) is 10.7 Å². The molecule has 0 radical (unpaired) electrons. The van der Waals surface area contributed by atoms with Crippen LogP contribution in [0.2, 0.25) is 0 Å². The van der Waals surface area contributed by atoms with Gasteiger partial charge in [-0.1, -0.05) is 26.0 Å². The van der Waals surface area contributed by atoms with Gasteiger partial charge in [-0.2, -0.15) is 13.2 Å². The van der Waals surface area contributed by atoms with Crippen molar-refractivity contribution in [2.75, 3.05) is 6.26 Å². The number of allylic oxidation sites excluding steroid dienone is 1. The van der Waals surface area contributed by atoms with Crippen molar-refractivity contribution in [3.8, 4) is 0 Å². The van der Waals surface area contributed by atoms with Gasteiger partial charge in [-0.05, 0) is 54.5 Å². The second-order valence-electron chi connectivity index (χ2n) is 5.30. The van der Waals surface area contributed by atoms with Crippen molar-refractivity contribution < 1.29 is 26.0 Å². The van der Waals surface area contributed by atoms with Crippen LogP contribution in [0.5, 0.6) is 0 Å². The number of nitrogens with zero attached hydrogens (tertiary/aromatic N) is 1. The molecule has 0 aliphatic carbocycles. The molecule has 2 aromatic carbocycles. The van der Waals surface area contributed by atoms with Gasteiger partial charge in [0.1, 0.15) is 5.82 Å². The third-order valence-corrected chi connectivity index (χ3v) is 4.52. The molecule has 2 N–H and O–H groups in total. The van der Waals surface area contributed by atoms with Crippen LogP contribution in [-0.4, -0.2) is 27.7 Å². The lowest BCUT2D eigenvalue weighted by atomic mass is 10.0. The Balaban J connectivity index is 0.00000116. The molecule has 0 spiro atoms. The number of alkyl halides is 3. The molecule has 160 valence electrons. The first-order valence-electron chi connectivity index (χ1n) is 8.50. The minimum atomic E-state index is -3.67. The van der Waals surface area contributed by atoms with Crippen molar-refractivity contribution in [3.05, 3.63) is 65.5 Å². The molecular weight excluding hydrogens is 408 g/mol. The molecule has 0 unspecified atom stereocenters. The molecule has 0 amide bonds. The molecule has 0 saturated carbocycles. The molecular formula is C20H24F4N2O2S. The molecule has 0 bridgehead atoms. The number of halogens is 4. The highest BCUT2D eigenvalue weighted by Gasteiger charge is 2.10. The van der Waals surface area contributed by atoms with Crippen molar-refractivity contribution in [2.24, 2.45) is 10.7 Å². The summed E-state index contributed by atoms with van der Waals surface area (Å²) in [6, 6.07) is 12.4. The van der Waals surface area contributed by atoms with E-state index < -0.39 is 16.5 Å². The Labute approximate surface area is 168 Å². The van der Waals surface area contributed by atoms with E-state index in [0.29, 0.717) is 5.70 Å². The summed E-state index contributed by atoms with van der Waals surface area (Å²) in [5.41, 5.74) is 8.34. The maximum atomic E-state index is 13.1. The van der Waals surface area contributed by atoms with E-state index in [2.05, 4.69) is 4.99 Å². The van der Waals surface area contributed by atoms with Gasteiger partial charge in [0.25, 0.3) is 0 Å². The normalized spacial score (nSPS) is 11.9. The standard InChI is InChI=1S/C17H17FN2O2S.C2H6.CHF3/c1-12(13-5-9-16(10-6-13)23(2,21)22)17(20-11-19)14-3-7-15(18)8-4-14;1-2;2-1(3)4/h3-11H,1-2H3,(H2,19,20);1-2H3;1H/b17-12+;;. The summed E-state index contributed by atoms with van der Waals surface area (Å²) in [6.45, 7) is 2.18. The molecule has 29 heavy (non-hydrogen) atoms. The van der Waals surface area contributed by atoms with Crippen LogP contribution < -0.4 is 5.73 Å². The fraction of sp³-hybridized carbons (Fsp3) is 0.250. The van der Waals surface area contributed by atoms with E-state index in [1.807, 2.05) is 20.8 Å². The summed E-state index contributed by atoms with van der Waals surface area (Å²) in [4.78, 5) is 4.41. The van der Waals surface area contributed by atoms with Gasteiger partial charge in [0, 0.05) is 11.8 Å². The third kappa shape index (κ3) is 9.38. The maximum Gasteiger partial charge on any atom is 0.379 e. The molecule has 0 heterocycles. The minimum absolute atomic E-state index is 0.250. The van der Waals surface area contributed by atoms with Crippen LogP contribution in [0.15, 0.2) is 58.4 Å². The third-order valence-electron chi connectivity index (χ3n) is 3.39. The van der Waals surface area contributed by atoms with Gasteiger partial charge < -0.3 is 5.73 Å². The summed E-state index contributed by atoms with van der Waals surface area (Å²) in [7, 11) is -3.24. The fourth-order valence-corrected chi connectivity index (χ4v) is 2.79. The van der Waals surface area contributed by atoms with Gasteiger partial charge in [0.05, 0.1) is 16.9 Å². The zero-order valence-corrected chi connectivity index (χ0v) is 17.4. The summed E-state index contributed by atoms with van der Waals surface area (Å²) >= 11 is 0. The first kappa shape index (κ1) is 26.3. The van der Waals surface area contributed by atoms with Crippen LogP contribution in [0.4, 0.5) is 17.6 Å². The van der Waals surface area contributed by atoms with E-state index in [4.69, 9.17) is 5.73 Å². The highest BCUT2D eigenvalue weighted by molar-refractivity contribution is 7.90. The number of aliphatic imine (C=N–C) groups is 1. The Bertz CT molecular complexity index is 906. The van der Waals surface area contributed by atoms with E-state index in [1.54, 1.807) is 36.4 Å². The molecule has 0 saturated heterocycles. The van der Waals surface area contributed by atoms with E-state index in [1.165, 1.54) is 18.5 Å². The lowest BCUT2D eigenvalue weighted by molar-refractivity contribution is 0.00819. The van der Waals surface area contributed by atoms with Crippen LogP contribution in [0.25, 0.3) is 11.3 Å². The molecule has 4 nitrogen and oxygen atoms in total. The minimum Gasteiger partial charge on any atom is -0.390 e. The highest BCUT2D eigenvalue weighted by Crippen LogP contribution is 2.27. The lowest BCUT2D eigenvalue weighted by Crippen LogP contribution is -1.97. The molecule has 2 aromatic rings. The average Bonchev–Trinajstić information content (AvgIpc) is 2.67.